The Morgan fingerprint density at radius 1 is 1.11 bits per heavy atom. The summed E-state index contributed by atoms with van der Waals surface area (Å²) in [5.74, 6) is 1.93. The van der Waals surface area contributed by atoms with Gasteiger partial charge in [0.2, 0.25) is 5.95 Å². The second-order valence-electron chi connectivity index (χ2n) is 9.70. The molecule has 2 fully saturated rings. The largest absolute Gasteiger partial charge is 0.494 e. The van der Waals surface area contributed by atoms with Crippen LogP contribution in [0.1, 0.15) is 6.42 Å². The number of nitrogens with one attached hydrogen (secondary N) is 1. The Balaban J connectivity index is 1.31. The molecule has 8 heteroatoms. The minimum absolute atomic E-state index is 0.500. The van der Waals surface area contributed by atoms with Gasteiger partial charge in [-0.2, -0.15) is 0 Å². The number of nitrogens with two attached hydrogens (primary N) is 1. The van der Waals surface area contributed by atoms with Gasteiger partial charge in [0.1, 0.15) is 5.75 Å². The van der Waals surface area contributed by atoms with E-state index in [0.717, 1.165) is 59.1 Å². The number of ether oxygens (including phenoxy) is 1. The van der Waals surface area contributed by atoms with Crippen LogP contribution in [0.15, 0.2) is 54.9 Å². The van der Waals surface area contributed by atoms with Gasteiger partial charge in [0, 0.05) is 67.7 Å². The zero-order valence-electron chi connectivity index (χ0n) is 20.4. The molecule has 0 amide bonds. The van der Waals surface area contributed by atoms with Crippen LogP contribution in [-0.2, 0) is 7.05 Å². The molecule has 0 aliphatic carbocycles. The van der Waals surface area contributed by atoms with E-state index in [0.29, 0.717) is 17.9 Å². The van der Waals surface area contributed by atoms with Crippen molar-refractivity contribution in [1.82, 2.24) is 19.4 Å². The van der Waals surface area contributed by atoms with Crippen molar-refractivity contribution in [3.8, 4) is 17.0 Å². The van der Waals surface area contributed by atoms with Crippen LogP contribution in [0, 0.1) is 5.92 Å². The molecule has 3 N–H and O–H groups in total. The predicted molar refractivity (Wildman–Crippen MR) is 141 cm³/mol. The number of fused-ring (bicyclic) bond motifs is 2. The first-order valence-electron chi connectivity index (χ1n) is 12.1. The number of benzene rings is 2. The topological polar surface area (TPSA) is 84.5 Å². The van der Waals surface area contributed by atoms with Crippen LogP contribution in [0.3, 0.4) is 0 Å². The van der Waals surface area contributed by atoms with Gasteiger partial charge in [0.15, 0.2) is 0 Å². The van der Waals surface area contributed by atoms with Gasteiger partial charge in [-0.05, 0) is 37.6 Å². The number of anilines is 4. The highest BCUT2D eigenvalue weighted by atomic mass is 16.5. The number of nitrogens with zero attached hydrogens (tertiary/aromatic N) is 5. The van der Waals surface area contributed by atoms with Gasteiger partial charge in [0.25, 0.3) is 0 Å². The van der Waals surface area contributed by atoms with Gasteiger partial charge in [-0.25, -0.2) is 9.97 Å². The lowest BCUT2D eigenvalue weighted by atomic mass is 10.0. The fourth-order valence-corrected chi connectivity index (χ4v) is 5.81. The molecule has 2 aliphatic heterocycles. The molecule has 2 aromatic carbocycles. The summed E-state index contributed by atoms with van der Waals surface area (Å²) in [5, 5.41) is 4.50. The summed E-state index contributed by atoms with van der Waals surface area (Å²) < 4.78 is 7.89. The molecule has 8 nitrogen and oxygen atoms in total. The SMILES string of the molecule is COc1cc(N2CC[C@@H]3CN(C)C[C@@H]32)c(N)cc1Nc1nccc(-c2cn(C)c3ccccc23)n1. The van der Waals surface area contributed by atoms with Crippen LogP contribution < -0.4 is 20.7 Å². The lowest BCUT2D eigenvalue weighted by Crippen LogP contribution is -2.35. The molecule has 2 aromatic heterocycles. The molecule has 2 atom stereocenters. The molecule has 4 heterocycles. The third-order valence-corrected chi connectivity index (χ3v) is 7.46. The Bertz CT molecular complexity index is 1400. The maximum Gasteiger partial charge on any atom is 0.227 e. The third kappa shape index (κ3) is 3.74. The van der Waals surface area contributed by atoms with Crippen LogP contribution in [0.4, 0.5) is 23.0 Å². The van der Waals surface area contributed by atoms with Crippen molar-refractivity contribution in [1.29, 1.82) is 0 Å². The van der Waals surface area contributed by atoms with Crippen LogP contribution in [0.5, 0.6) is 5.75 Å². The van der Waals surface area contributed by atoms with Crippen molar-refractivity contribution in [2.75, 3.05) is 49.7 Å². The molecule has 180 valence electrons. The number of methoxy groups -OCH3 is 1. The van der Waals surface area contributed by atoms with Crippen molar-refractivity contribution >= 4 is 33.9 Å². The quantitative estimate of drug-likeness (QED) is 0.426. The monoisotopic (exact) mass is 469 g/mol. The van der Waals surface area contributed by atoms with E-state index < -0.39 is 0 Å². The molecule has 0 unspecified atom stereocenters. The summed E-state index contributed by atoms with van der Waals surface area (Å²) >= 11 is 0. The summed E-state index contributed by atoms with van der Waals surface area (Å²) in [6.07, 6.45) is 5.08. The van der Waals surface area contributed by atoms with E-state index in [1.54, 1.807) is 13.3 Å². The Hall–Kier alpha value is -3.78. The predicted octanol–water partition coefficient (Wildman–Crippen LogP) is 4.11. The number of likely N-dealkylation sites (tertiary alicyclic amines) is 1. The highest BCUT2D eigenvalue weighted by Gasteiger charge is 2.40. The molecule has 35 heavy (non-hydrogen) atoms. The third-order valence-electron chi connectivity index (χ3n) is 7.46. The average Bonchev–Trinajstić information content (AvgIpc) is 3.52. The summed E-state index contributed by atoms with van der Waals surface area (Å²) in [6, 6.07) is 14.8. The zero-order chi connectivity index (χ0) is 24.1. The van der Waals surface area contributed by atoms with E-state index in [9.17, 15) is 0 Å². The first-order valence-corrected chi connectivity index (χ1v) is 12.1. The Morgan fingerprint density at radius 3 is 2.83 bits per heavy atom. The van der Waals surface area contributed by atoms with Gasteiger partial charge < -0.3 is 30.2 Å². The van der Waals surface area contributed by atoms with E-state index in [1.807, 2.05) is 37.4 Å². The summed E-state index contributed by atoms with van der Waals surface area (Å²) in [6.45, 7) is 3.25. The molecule has 0 radical (unpaired) electrons. The molecule has 2 aliphatic rings. The van der Waals surface area contributed by atoms with E-state index in [2.05, 4.69) is 50.0 Å². The first-order chi connectivity index (χ1) is 17.0. The number of aryl methyl sites for hydroxylation is 1. The Kier molecular flexibility index (Phi) is 5.25. The van der Waals surface area contributed by atoms with Crippen molar-refractivity contribution in [3.63, 3.8) is 0 Å². The van der Waals surface area contributed by atoms with Crippen molar-refractivity contribution in [2.45, 2.75) is 12.5 Å². The van der Waals surface area contributed by atoms with E-state index in [1.165, 1.54) is 11.9 Å². The summed E-state index contributed by atoms with van der Waals surface area (Å²) in [7, 11) is 5.93. The minimum atomic E-state index is 0.500. The second-order valence-corrected chi connectivity index (χ2v) is 9.70. The Morgan fingerprint density at radius 2 is 1.97 bits per heavy atom. The number of rotatable bonds is 5. The van der Waals surface area contributed by atoms with E-state index in [-0.39, 0.29) is 0 Å². The standard InChI is InChI=1S/C27H31N7O/c1-32-14-17-9-11-34(25(17)16-32)24-13-26(35-3)22(12-20(24)28)31-27-29-10-8-21(30-27)19-15-33(2)23-7-5-4-6-18(19)23/h4-8,10,12-13,15,17,25H,9,11,14,16,28H2,1-3H3,(H,29,30,31)/t17-,25+/m1/s1. The smallest absolute Gasteiger partial charge is 0.227 e. The molecule has 6 rings (SSSR count). The fourth-order valence-electron chi connectivity index (χ4n) is 5.81. The summed E-state index contributed by atoms with van der Waals surface area (Å²) in [4.78, 5) is 14.1. The molecular formula is C27H31N7O. The second kappa shape index (κ2) is 8.46. The van der Waals surface area contributed by atoms with Gasteiger partial charge in [0.05, 0.1) is 29.9 Å². The van der Waals surface area contributed by atoms with E-state index in [4.69, 9.17) is 15.5 Å². The number of para-hydroxylation sites is 1. The molecular weight excluding hydrogens is 438 g/mol. The Labute approximate surface area is 205 Å². The van der Waals surface area contributed by atoms with Gasteiger partial charge in [-0.3, -0.25) is 0 Å². The number of hydrogen-bond acceptors (Lipinski definition) is 7. The molecule has 2 saturated heterocycles. The van der Waals surface area contributed by atoms with Gasteiger partial charge in [-0.15, -0.1) is 0 Å². The highest BCUT2D eigenvalue weighted by Crippen LogP contribution is 2.42. The zero-order valence-corrected chi connectivity index (χ0v) is 20.4. The van der Waals surface area contributed by atoms with Crippen molar-refractivity contribution < 1.29 is 4.74 Å². The van der Waals surface area contributed by atoms with Crippen LogP contribution in [0.25, 0.3) is 22.2 Å². The normalized spacial score (nSPS) is 19.9. The highest BCUT2D eigenvalue weighted by molar-refractivity contribution is 5.95. The lowest BCUT2D eigenvalue weighted by molar-refractivity contribution is 0.386. The number of hydrogen-bond donors (Lipinski definition) is 2. The van der Waals surface area contributed by atoms with Crippen LogP contribution in [-0.4, -0.2) is 59.3 Å². The van der Waals surface area contributed by atoms with E-state index >= 15 is 0 Å². The van der Waals surface area contributed by atoms with Crippen molar-refractivity contribution in [3.05, 3.63) is 54.9 Å². The maximum atomic E-state index is 6.59. The number of likely N-dealkylation sites (N-methyl/N-ethyl adjacent to an activating group) is 1. The van der Waals surface area contributed by atoms with Gasteiger partial charge >= 0.3 is 0 Å². The first kappa shape index (κ1) is 21.7. The molecule has 0 bridgehead atoms. The fraction of sp³-hybridized carbons (Fsp3) is 0.333. The molecule has 0 spiro atoms. The molecule has 4 aromatic rings. The minimum Gasteiger partial charge on any atom is -0.494 e. The maximum absolute atomic E-state index is 6.59. The number of aromatic nitrogens is 3. The molecule has 0 saturated carbocycles. The number of nitrogen functional groups attached to an aromatic ring is 1. The van der Waals surface area contributed by atoms with Gasteiger partial charge in [-0.1, -0.05) is 18.2 Å². The van der Waals surface area contributed by atoms with Crippen LogP contribution >= 0.6 is 0 Å². The van der Waals surface area contributed by atoms with Crippen molar-refractivity contribution in [2.24, 2.45) is 13.0 Å². The van der Waals surface area contributed by atoms with Crippen LogP contribution in [0.2, 0.25) is 0 Å². The lowest BCUT2D eigenvalue weighted by Gasteiger charge is -2.28. The summed E-state index contributed by atoms with van der Waals surface area (Å²) in [5.41, 5.74) is 12.2. The average molecular weight is 470 g/mol.